The molecule has 9 atom stereocenters. The van der Waals surface area contributed by atoms with Crippen molar-refractivity contribution in [1.82, 2.24) is 10.6 Å². The van der Waals surface area contributed by atoms with Crippen molar-refractivity contribution in [2.75, 3.05) is 51.5 Å². The second kappa shape index (κ2) is 16.0. The molecular formula is C20H36N2O12S2. The number of methoxy groups -OCH3 is 1. The fraction of sp³-hybridized carbons (Fsp3) is 0.900. The molecule has 36 heavy (non-hydrogen) atoms. The second-order valence-corrected chi connectivity index (χ2v) is 9.07. The van der Waals surface area contributed by atoms with E-state index < -0.39 is 67.1 Å². The molecule has 2 aliphatic rings. The summed E-state index contributed by atoms with van der Waals surface area (Å²) >= 11 is 7.98. The Bertz CT molecular complexity index is 681. The van der Waals surface area contributed by atoms with E-state index in [4.69, 9.17) is 33.5 Å². The molecule has 0 aromatic rings. The Hall–Kier alpha value is -1.08. The maximum atomic E-state index is 11.8. The number of hydrogen-bond donors (Lipinski definition) is 7. The van der Waals surface area contributed by atoms with Gasteiger partial charge in [-0.05, 0) is 0 Å². The summed E-state index contributed by atoms with van der Waals surface area (Å²) in [7, 11) is 1.27. The van der Waals surface area contributed by atoms with Gasteiger partial charge in [0, 0.05) is 37.6 Å². The number of carbonyl (C=O) groups excluding carboxylic acids is 2. The molecule has 5 N–H and O–H groups in total. The Labute approximate surface area is 220 Å². The number of nitrogens with one attached hydrogen (secondary N) is 2. The molecule has 2 rings (SSSR count). The lowest BCUT2D eigenvalue weighted by Crippen LogP contribution is -2.61. The zero-order valence-electron chi connectivity index (χ0n) is 20.1. The van der Waals surface area contributed by atoms with E-state index in [1.165, 1.54) is 7.11 Å². The van der Waals surface area contributed by atoms with Crippen molar-refractivity contribution in [1.29, 1.82) is 0 Å². The molecule has 9 unspecified atom stereocenters. The van der Waals surface area contributed by atoms with Crippen LogP contribution in [0.4, 0.5) is 9.59 Å². The van der Waals surface area contributed by atoms with E-state index in [1.54, 1.807) is 6.92 Å². The number of rotatable bonds is 12. The highest BCUT2D eigenvalue weighted by atomic mass is 32.1. The van der Waals surface area contributed by atoms with Gasteiger partial charge in [-0.2, -0.15) is 25.3 Å². The van der Waals surface area contributed by atoms with Crippen LogP contribution in [0.15, 0.2) is 0 Å². The van der Waals surface area contributed by atoms with E-state index in [0.717, 1.165) is 0 Å². The Morgan fingerprint density at radius 2 is 1.50 bits per heavy atom. The van der Waals surface area contributed by atoms with Crippen LogP contribution < -0.4 is 10.6 Å². The van der Waals surface area contributed by atoms with Crippen LogP contribution in [-0.2, 0) is 33.5 Å². The third-order valence-electron chi connectivity index (χ3n) is 5.66. The number of alkyl carbamates (subject to hydrolysis) is 2. The van der Waals surface area contributed by atoms with E-state index in [1.807, 2.05) is 0 Å². The van der Waals surface area contributed by atoms with Gasteiger partial charge >= 0.3 is 12.2 Å². The highest BCUT2D eigenvalue weighted by molar-refractivity contribution is 7.80. The topological polar surface area (TPSA) is 184 Å². The molecule has 2 heterocycles. The van der Waals surface area contributed by atoms with E-state index in [9.17, 15) is 24.9 Å². The minimum absolute atomic E-state index is 0.0846. The van der Waals surface area contributed by atoms with E-state index >= 15 is 0 Å². The van der Waals surface area contributed by atoms with Crippen molar-refractivity contribution in [3.8, 4) is 0 Å². The molecule has 2 saturated heterocycles. The van der Waals surface area contributed by atoms with Gasteiger partial charge in [0.25, 0.3) is 0 Å². The molecule has 2 aliphatic heterocycles. The molecule has 16 heteroatoms. The molecule has 0 saturated carbocycles. The number of ether oxygens (including phenoxy) is 5. The molecule has 0 aliphatic carbocycles. The van der Waals surface area contributed by atoms with Crippen LogP contribution in [0.5, 0.6) is 0 Å². The normalized spacial score (nSPS) is 34.6. The Morgan fingerprint density at radius 3 is 2.06 bits per heavy atom. The van der Waals surface area contributed by atoms with Gasteiger partial charge in [0.1, 0.15) is 37.6 Å². The van der Waals surface area contributed by atoms with E-state index in [-0.39, 0.29) is 26.4 Å². The average Bonchev–Trinajstić information content (AvgIpc) is 2.87. The monoisotopic (exact) mass is 560 g/mol. The summed E-state index contributed by atoms with van der Waals surface area (Å²) in [5.41, 5.74) is 0. The van der Waals surface area contributed by atoms with Gasteiger partial charge in [-0.1, -0.05) is 6.92 Å². The zero-order chi connectivity index (χ0) is 26.7. The summed E-state index contributed by atoms with van der Waals surface area (Å²) in [6, 6.07) is 0. The van der Waals surface area contributed by atoms with Crippen molar-refractivity contribution in [2.45, 2.75) is 55.9 Å². The standard InChI is InChI=1S/C20H36N2O12S2/c1-10-11(7-30-19(26)21-3-5-35)29-8-12(14(10)23)33-34-17-13(9-31-20(27)22-4-6-36)32-18(28-2)16(25)15(17)24/h10-18,23-25,35-36H,3-9H2,1-2H3,(H,21,26)(H,22,27). The highest BCUT2D eigenvalue weighted by Gasteiger charge is 2.48. The lowest BCUT2D eigenvalue weighted by molar-refractivity contribution is -0.424. The Morgan fingerprint density at radius 1 is 0.917 bits per heavy atom. The molecule has 14 nitrogen and oxygen atoms in total. The number of hydrogen-bond acceptors (Lipinski definition) is 14. The molecule has 0 aromatic heterocycles. The van der Waals surface area contributed by atoms with Crippen molar-refractivity contribution in [2.24, 2.45) is 5.92 Å². The van der Waals surface area contributed by atoms with Gasteiger partial charge in [0.15, 0.2) is 12.4 Å². The summed E-state index contributed by atoms with van der Waals surface area (Å²) in [4.78, 5) is 34.1. The molecule has 0 radical (unpaired) electrons. The maximum Gasteiger partial charge on any atom is 0.407 e. The van der Waals surface area contributed by atoms with Gasteiger partial charge < -0.3 is 49.6 Å². The van der Waals surface area contributed by atoms with Gasteiger partial charge in [-0.3, -0.25) is 0 Å². The third-order valence-corrected chi connectivity index (χ3v) is 6.11. The SMILES string of the molecule is COC1OC(COC(=O)NCCS)C(OOC2COC(COC(=O)NCCS)C(C)C2O)C(O)C1O. The van der Waals surface area contributed by atoms with Gasteiger partial charge in [-0.15, -0.1) is 0 Å². The van der Waals surface area contributed by atoms with Crippen molar-refractivity contribution < 1.29 is 58.4 Å². The van der Waals surface area contributed by atoms with Crippen molar-refractivity contribution in [3.63, 3.8) is 0 Å². The Balaban J connectivity index is 1.92. The molecule has 0 bridgehead atoms. The van der Waals surface area contributed by atoms with Crippen LogP contribution in [-0.4, -0.2) is 128 Å². The number of carbonyl (C=O) groups is 2. The Kier molecular flexibility index (Phi) is 13.8. The first-order valence-corrected chi connectivity index (χ1v) is 12.7. The number of aliphatic hydroxyl groups excluding tert-OH is 3. The van der Waals surface area contributed by atoms with E-state index in [0.29, 0.717) is 18.1 Å². The maximum absolute atomic E-state index is 11.8. The second-order valence-electron chi connectivity index (χ2n) is 8.17. The number of amides is 2. The minimum atomic E-state index is -1.53. The highest BCUT2D eigenvalue weighted by Crippen LogP contribution is 2.28. The average molecular weight is 561 g/mol. The fourth-order valence-corrected chi connectivity index (χ4v) is 3.76. The summed E-state index contributed by atoms with van der Waals surface area (Å²) in [5.74, 6) is 0.366. The largest absolute Gasteiger partial charge is 0.447 e. The third kappa shape index (κ3) is 9.04. The van der Waals surface area contributed by atoms with Crippen LogP contribution >= 0.6 is 25.3 Å². The first-order valence-electron chi connectivity index (χ1n) is 11.4. The molecular weight excluding hydrogens is 524 g/mol. The molecule has 210 valence electrons. The van der Waals surface area contributed by atoms with Crippen LogP contribution in [0.3, 0.4) is 0 Å². The predicted octanol–water partition coefficient (Wildman–Crippen LogP) is -1.53. The first-order chi connectivity index (χ1) is 17.2. The van der Waals surface area contributed by atoms with Crippen LogP contribution in [0, 0.1) is 5.92 Å². The summed E-state index contributed by atoms with van der Waals surface area (Å²) in [6.07, 6.45) is -10.6. The van der Waals surface area contributed by atoms with Gasteiger partial charge in [0.2, 0.25) is 0 Å². The first kappa shape index (κ1) is 31.1. The van der Waals surface area contributed by atoms with Crippen LogP contribution in [0.1, 0.15) is 6.92 Å². The minimum Gasteiger partial charge on any atom is -0.447 e. The quantitative estimate of drug-likeness (QED) is 0.0832. The zero-order valence-corrected chi connectivity index (χ0v) is 21.8. The number of thiol groups is 2. The summed E-state index contributed by atoms with van der Waals surface area (Å²) in [5, 5.41) is 36.4. The van der Waals surface area contributed by atoms with Crippen molar-refractivity contribution in [3.05, 3.63) is 0 Å². The lowest BCUT2D eigenvalue weighted by atomic mass is 9.92. The number of aliphatic hydroxyl groups is 3. The fourth-order valence-electron chi connectivity index (χ4n) is 3.53. The molecule has 2 amide bonds. The van der Waals surface area contributed by atoms with Crippen LogP contribution in [0.2, 0.25) is 0 Å². The van der Waals surface area contributed by atoms with Crippen LogP contribution in [0.25, 0.3) is 0 Å². The molecule has 2 fully saturated rings. The van der Waals surface area contributed by atoms with E-state index in [2.05, 4.69) is 35.9 Å². The van der Waals surface area contributed by atoms with Crippen molar-refractivity contribution >= 4 is 37.4 Å². The molecule has 0 aromatic carbocycles. The summed E-state index contributed by atoms with van der Waals surface area (Å²) in [6.45, 7) is 1.76. The summed E-state index contributed by atoms with van der Waals surface area (Å²) < 4.78 is 26.4. The lowest BCUT2D eigenvalue weighted by Gasteiger charge is -2.42. The predicted molar refractivity (Wildman–Crippen MR) is 129 cm³/mol. The van der Waals surface area contributed by atoms with Gasteiger partial charge in [-0.25, -0.2) is 19.4 Å². The smallest absolute Gasteiger partial charge is 0.407 e. The molecule has 0 spiro atoms. The van der Waals surface area contributed by atoms with Gasteiger partial charge in [0.05, 0.1) is 18.8 Å².